The number of rotatable bonds is 4. The summed E-state index contributed by atoms with van der Waals surface area (Å²) in [6.07, 6.45) is 7.76. The fraction of sp³-hybridized carbons (Fsp3) is 0.438. The Morgan fingerprint density at radius 2 is 2.26 bits per heavy atom. The molecule has 1 unspecified atom stereocenters. The van der Waals surface area contributed by atoms with E-state index in [9.17, 15) is 4.79 Å². The van der Waals surface area contributed by atoms with Gasteiger partial charge in [-0.15, -0.1) is 0 Å². The second-order valence-corrected chi connectivity index (χ2v) is 4.86. The third-order valence-electron chi connectivity index (χ3n) is 3.65. The summed E-state index contributed by atoms with van der Waals surface area (Å²) in [5, 5.41) is 2.23. The van der Waals surface area contributed by atoms with E-state index in [0.717, 1.165) is 28.1 Å². The topological polar surface area (TPSA) is 42.1 Å². The molecule has 1 N–H and O–H groups in total. The van der Waals surface area contributed by atoms with Crippen LogP contribution in [0.25, 0.3) is 12.2 Å². The molecule has 0 aliphatic heterocycles. The van der Waals surface area contributed by atoms with Crippen molar-refractivity contribution in [1.82, 2.24) is 4.98 Å². The molecule has 1 aliphatic carbocycles. The largest absolute Gasteiger partial charge is 0.463 e. The average Bonchev–Trinajstić information content (AvgIpc) is 2.77. The number of hydrogen-bond acceptors (Lipinski definition) is 2. The molecule has 3 heteroatoms. The fourth-order valence-electron chi connectivity index (χ4n) is 2.35. The number of allylic oxidation sites excluding steroid dienone is 1. The van der Waals surface area contributed by atoms with Gasteiger partial charge < -0.3 is 9.72 Å². The van der Waals surface area contributed by atoms with E-state index >= 15 is 0 Å². The molecule has 1 heterocycles. The monoisotopic (exact) mass is 259 g/mol. The van der Waals surface area contributed by atoms with Gasteiger partial charge in [0.1, 0.15) is 0 Å². The second-order valence-electron chi connectivity index (χ2n) is 4.86. The zero-order valence-corrected chi connectivity index (χ0v) is 11.8. The maximum absolute atomic E-state index is 12.1. The van der Waals surface area contributed by atoms with E-state index in [2.05, 4.69) is 31.0 Å². The molecule has 0 saturated carbocycles. The molecule has 1 atom stereocenters. The predicted molar refractivity (Wildman–Crippen MR) is 76.7 cm³/mol. The zero-order valence-electron chi connectivity index (χ0n) is 11.8. The lowest BCUT2D eigenvalue weighted by Gasteiger charge is -2.15. The molecular formula is C16H21NO2. The molecule has 0 bridgehead atoms. The van der Waals surface area contributed by atoms with Crippen LogP contribution < -0.4 is 10.6 Å². The predicted octanol–water partition coefficient (Wildman–Crippen LogP) is 1.89. The van der Waals surface area contributed by atoms with E-state index in [-0.39, 0.29) is 5.97 Å². The first-order valence-electron chi connectivity index (χ1n) is 6.92. The highest BCUT2D eigenvalue weighted by Crippen LogP contribution is 2.24. The molecule has 19 heavy (non-hydrogen) atoms. The molecule has 2 rings (SSSR count). The Morgan fingerprint density at radius 3 is 2.95 bits per heavy atom. The SMILES string of the molecule is CCOC(=O)C1=C(C(C)CC)C=c2[nH]ccc2=CC1. The van der Waals surface area contributed by atoms with Crippen LogP contribution in [-0.2, 0) is 9.53 Å². The van der Waals surface area contributed by atoms with Crippen LogP contribution >= 0.6 is 0 Å². The molecule has 0 saturated heterocycles. The van der Waals surface area contributed by atoms with Crippen LogP contribution in [0.2, 0.25) is 0 Å². The maximum atomic E-state index is 12.1. The Kier molecular flexibility index (Phi) is 4.25. The summed E-state index contributed by atoms with van der Waals surface area (Å²) >= 11 is 0. The summed E-state index contributed by atoms with van der Waals surface area (Å²) in [6.45, 7) is 6.55. The molecule has 1 aromatic rings. The summed E-state index contributed by atoms with van der Waals surface area (Å²) in [5.41, 5.74) is 1.89. The summed E-state index contributed by atoms with van der Waals surface area (Å²) in [7, 11) is 0. The first kappa shape index (κ1) is 13.7. The Morgan fingerprint density at radius 1 is 1.47 bits per heavy atom. The molecular weight excluding hydrogens is 238 g/mol. The molecule has 0 amide bonds. The first-order valence-corrected chi connectivity index (χ1v) is 6.92. The molecule has 1 aromatic heterocycles. The van der Waals surface area contributed by atoms with Crippen LogP contribution in [-0.4, -0.2) is 17.6 Å². The van der Waals surface area contributed by atoms with Gasteiger partial charge in [-0.25, -0.2) is 4.79 Å². The molecule has 0 spiro atoms. The smallest absolute Gasteiger partial charge is 0.334 e. The lowest BCUT2D eigenvalue weighted by molar-refractivity contribution is -0.138. The number of H-pyrrole nitrogens is 1. The number of aromatic amines is 1. The van der Waals surface area contributed by atoms with Crippen molar-refractivity contribution in [2.24, 2.45) is 5.92 Å². The third-order valence-corrected chi connectivity index (χ3v) is 3.65. The lowest BCUT2D eigenvalue weighted by Crippen LogP contribution is -2.21. The summed E-state index contributed by atoms with van der Waals surface area (Å²) < 4.78 is 5.19. The maximum Gasteiger partial charge on any atom is 0.334 e. The van der Waals surface area contributed by atoms with Gasteiger partial charge in [0, 0.05) is 17.1 Å². The number of aromatic nitrogens is 1. The first-order chi connectivity index (χ1) is 9.17. The van der Waals surface area contributed by atoms with Crippen molar-refractivity contribution in [3.8, 4) is 0 Å². The standard InChI is InChI=1S/C16H21NO2/c1-4-11(3)14-10-15-12(8-9-17-15)6-7-13(14)16(18)19-5-2/h6,8-11,17H,4-5,7H2,1-3H3. The third kappa shape index (κ3) is 2.80. The van der Waals surface area contributed by atoms with E-state index in [1.165, 1.54) is 0 Å². The van der Waals surface area contributed by atoms with Gasteiger partial charge in [-0.1, -0.05) is 19.9 Å². The van der Waals surface area contributed by atoms with Crippen LogP contribution in [0.4, 0.5) is 0 Å². The number of nitrogens with one attached hydrogen (secondary N) is 1. The van der Waals surface area contributed by atoms with Crippen molar-refractivity contribution in [2.45, 2.75) is 33.6 Å². The highest BCUT2D eigenvalue weighted by Gasteiger charge is 2.19. The number of ether oxygens (including phenoxy) is 1. The van der Waals surface area contributed by atoms with Crippen LogP contribution in [0.5, 0.6) is 0 Å². The van der Waals surface area contributed by atoms with Crippen LogP contribution in [0.1, 0.15) is 33.6 Å². The highest BCUT2D eigenvalue weighted by atomic mass is 16.5. The normalized spacial score (nSPS) is 15.9. The van der Waals surface area contributed by atoms with E-state index in [1.807, 2.05) is 19.2 Å². The zero-order chi connectivity index (χ0) is 13.8. The van der Waals surface area contributed by atoms with Gasteiger partial charge in [-0.05, 0) is 48.6 Å². The van der Waals surface area contributed by atoms with Gasteiger partial charge >= 0.3 is 5.97 Å². The van der Waals surface area contributed by atoms with Crippen molar-refractivity contribution in [2.75, 3.05) is 6.61 Å². The van der Waals surface area contributed by atoms with Crippen molar-refractivity contribution in [1.29, 1.82) is 0 Å². The molecule has 3 nitrogen and oxygen atoms in total. The van der Waals surface area contributed by atoms with E-state index in [0.29, 0.717) is 18.9 Å². The minimum atomic E-state index is -0.185. The Bertz CT molecular complexity index is 607. The van der Waals surface area contributed by atoms with Crippen LogP contribution in [0.15, 0.2) is 23.4 Å². The quantitative estimate of drug-likeness (QED) is 0.839. The number of fused-ring (bicyclic) bond motifs is 1. The minimum absolute atomic E-state index is 0.185. The van der Waals surface area contributed by atoms with Gasteiger partial charge in [0.05, 0.1) is 6.61 Å². The fourth-order valence-corrected chi connectivity index (χ4v) is 2.35. The molecule has 102 valence electrons. The van der Waals surface area contributed by atoms with E-state index in [4.69, 9.17) is 4.74 Å². The van der Waals surface area contributed by atoms with Crippen molar-refractivity contribution in [3.05, 3.63) is 34.0 Å². The molecule has 1 aliphatic rings. The summed E-state index contributed by atoms with van der Waals surface area (Å²) in [6, 6.07) is 2.04. The molecule has 0 fully saturated rings. The second kappa shape index (κ2) is 5.91. The molecule has 0 aromatic carbocycles. The number of carbonyl (C=O) groups excluding carboxylic acids is 1. The van der Waals surface area contributed by atoms with Gasteiger partial charge in [-0.3, -0.25) is 0 Å². The Labute approximate surface area is 113 Å². The number of esters is 1. The minimum Gasteiger partial charge on any atom is -0.463 e. The summed E-state index contributed by atoms with van der Waals surface area (Å²) in [4.78, 5) is 15.3. The van der Waals surface area contributed by atoms with Crippen LogP contribution in [0, 0.1) is 5.92 Å². The number of hydrogen-bond donors (Lipinski definition) is 1. The van der Waals surface area contributed by atoms with Gasteiger partial charge in [-0.2, -0.15) is 0 Å². The van der Waals surface area contributed by atoms with Crippen molar-refractivity contribution >= 4 is 18.1 Å². The van der Waals surface area contributed by atoms with Gasteiger partial charge in [0.2, 0.25) is 0 Å². The van der Waals surface area contributed by atoms with Crippen molar-refractivity contribution < 1.29 is 9.53 Å². The number of carbonyl (C=O) groups is 1. The van der Waals surface area contributed by atoms with E-state index in [1.54, 1.807) is 0 Å². The van der Waals surface area contributed by atoms with Crippen LogP contribution in [0.3, 0.4) is 0 Å². The van der Waals surface area contributed by atoms with Crippen molar-refractivity contribution in [3.63, 3.8) is 0 Å². The van der Waals surface area contributed by atoms with E-state index < -0.39 is 0 Å². The average molecular weight is 259 g/mol. The summed E-state index contributed by atoms with van der Waals surface area (Å²) in [5.74, 6) is 0.164. The Balaban J connectivity index is 2.53. The lowest BCUT2D eigenvalue weighted by atomic mass is 9.92. The van der Waals surface area contributed by atoms with Gasteiger partial charge in [0.25, 0.3) is 0 Å². The van der Waals surface area contributed by atoms with Gasteiger partial charge in [0.15, 0.2) is 0 Å². The molecule has 0 radical (unpaired) electrons. The highest BCUT2D eigenvalue weighted by molar-refractivity contribution is 5.92. The Hall–Kier alpha value is -1.77.